The van der Waals surface area contributed by atoms with Gasteiger partial charge in [-0.2, -0.15) is 0 Å². The fourth-order valence-electron chi connectivity index (χ4n) is 0.939. The predicted molar refractivity (Wildman–Crippen MR) is 56.9 cm³/mol. The second-order valence-corrected chi connectivity index (χ2v) is 3.63. The minimum atomic E-state index is -1.11. The number of hydrogen-bond acceptors (Lipinski definition) is 3. The summed E-state index contributed by atoms with van der Waals surface area (Å²) in [5, 5.41) is 13.3. The molecule has 3 N–H and O–H groups in total. The molecule has 0 saturated heterocycles. The second-order valence-electron chi connectivity index (χ2n) is 3.63. The Morgan fingerprint density at radius 3 is 2.31 bits per heavy atom. The molecule has 0 aromatic rings. The first-order valence-corrected chi connectivity index (χ1v) is 4.83. The van der Waals surface area contributed by atoms with Gasteiger partial charge in [0.05, 0.1) is 6.54 Å². The molecule has 0 aromatic heterocycles. The predicted octanol–water partition coefficient (Wildman–Crippen LogP) is -0.763. The molecular weight excluding hydrogens is 214 g/mol. The van der Waals surface area contributed by atoms with Crippen LogP contribution in [0.5, 0.6) is 0 Å². The molecule has 0 bridgehead atoms. The molecule has 16 heavy (non-hydrogen) atoms. The zero-order chi connectivity index (χ0) is 12.7. The van der Waals surface area contributed by atoms with E-state index in [4.69, 9.17) is 5.11 Å². The minimum Gasteiger partial charge on any atom is -0.480 e. The van der Waals surface area contributed by atoms with E-state index < -0.39 is 18.5 Å². The topological polar surface area (TPSA) is 98.7 Å². The van der Waals surface area contributed by atoms with Crippen LogP contribution < -0.4 is 10.6 Å². The highest BCUT2D eigenvalue weighted by Crippen LogP contribution is 1.84. The number of rotatable bonds is 5. The van der Waals surface area contributed by atoms with Crippen molar-refractivity contribution in [3.05, 3.63) is 0 Å². The van der Waals surface area contributed by atoms with Crippen LogP contribution in [0.4, 0.5) is 4.79 Å². The Bertz CT molecular complexity index is 278. The standard InChI is InChI=1S/C9H17N3O4/c1-6(2)11-7(13)4-10-9(16)12(3)5-8(14)15/h6H,4-5H2,1-3H3,(H,10,16)(H,11,13)(H,14,15). The van der Waals surface area contributed by atoms with E-state index in [2.05, 4.69) is 10.6 Å². The van der Waals surface area contributed by atoms with Crippen molar-refractivity contribution in [1.82, 2.24) is 15.5 Å². The van der Waals surface area contributed by atoms with E-state index in [-0.39, 0.29) is 18.5 Å². The van der Waals surface area contributed by atoms with Crippen LogP contribution >= 0.6 is 0 Å². The van der Waals surface area contributed by atoms with Crippen molar-refractivity contribution in [2.45, 2.75) is 19.9 Å². The van der Waals surface area contributed by atoms with Crippen molar-refractivity contribution >= 4 is 17.9 Å². The lowest BCUT2D eigenvalue weighted by Gasteiger charge is -2.15. The summed E-state index contributed by atoms with van der Waals surface area (Å²) >= 11 is 0. The van der Waals surface area contributed by atoms with Crippen molar-refractivity contribution in [2.75, 3.05) is 20.1 Å². The fraction of sp³-hybridized carbons (Fsp3) is 0.667. The highest BCUT2D eigenvalue weighted by atomic mass is 16.4. The summed E-state index contributed by atoms with van der Waals surface area (Å²) in [5.74, 6) is -1.42. The summed E-state index contributed by atoms with van der Waals surface area (Å²) in [6.07, 6.45) is 0. The molecule has 3 amide bonds. The molecule has 0 fully saturated rings. The first-order valence-electron chi connectivity index (χ1n) is 4.83. The SMILES string of the molecule is CC(C)NC(=O)CNC(=O)N(C)CC(=O)O. The van der Waals surface area contributed by atoms with Gasteiger partial charge in [-0.1, -0.05) is 0 Å². The third-order valence-corrected chi connectivity index (χ3v) is 1.57. The van der Waals surface area contributed by atoms with Crippen LogP contribution in [0.1, 0.15) is 13.8 Å². The normalized spacial score (nSPS) is 9.75. The molecule has 0 saturated carbocycles. The van der Waals surface area contributed by atoms with Crippen LogP contribution in [0.25, 0.3) is 0 Å². The van der Waals surface area contributed by atoms with Gasteiger partial charge in [0.25, 0.3) is 0 Å². The van der Waals surface area contributed by atoms with Gasteiger partial charge in [0.15, 0.2) is 0 Å². The number of carboxylic acids is 1. The van der Waals surface area contributed by atoms with E-state index in [1.807, 2.05) is 0 Å². The van der Waals surface area contributed by atoms with Gasteiger partial charge in [-0.25, -0.2) is 4.79 Å². The van der Waals surface area contributed by atoms with Crippen LogP contribution in [0.15, 0.2) is 0 Å². The second kappa shape index (κ2) is 6.65. The van der Waals surface area contributed by atoms with Crippen molar-refractivity contribution in [3.63, 3.8) is 0 Å². The van der Waals surface area contributed by atoms with Gasteiger partial charge in [-0.3, -0.25) is 9.59 Å². The number of carbonyl (C=O) groups is 3. The number of nitrogens with zero attached hydrogens (tertiary/aromatic N) is 1. The average molecular weight is 231 g/mol. The van der Waals surface area contributed by atoms with Crippen molar-refractivity contribution in [3.8, 4) is 0 Å². The van der Waals surface area contributed by atoms with Crippen LogP contribution in [0.3, 0.4) is 0 Å². The highest BCUT2D eigenvalue weighted by Gasteiger charge is 2.12. The van der Waals surface area contributed by atoms with Crippen molar-refractivity contribution in [2.24, 2.45) is 0 Å². The van der Waals surface area contributed by atoms with Gasteiger partial charge < -0.3 is 20.6 Å². The summed E-state index contributed by atoms with van der Waals surface area (Å²) < 4.78 is 0. The number of likely N-dealkylation sites (N-methyl/N-ethyl adjacent to an activating group) is 1. The molecule has 0 spiro atoms. The van der Waals surface area contributed by atoms with Crippen LogP contribution in [-0.2, 0) is 9.59 Å². The van der Waals surface area contributed by atoms with Crippen molar-refractivity contribution < 1.29 is 19.5 Å². The Morgan fingerprint density at radius 2 is 1.88 bits per heavy atom. The molecule has 0 aliphatic rings. The van der Waals surface area contributed by atoms with E-state index in [9.17, 15) is 14.4 Å². The molecule has 92 valence electrons. The third kappa shape index (κ3) is 6.63. The number of carboxylic acid groups (broad SMARTS) is 1. The smallest absolute Gasteiger partial charge is 0.323 e. The third-order valence-electron chi connectivity index (χ3n) is 1.57. The molecule has 0 atom stereocenters. The minimum absolute atomic E-state index is 0.00107. The molecule has 0 heterocycles. The monoisotopic (exact) mass is 231 g/mol. The zero-order valence-electron chi connectivity index (χ0n) is 9.61. The summed E-state index contributed by atoms with van der Waals surface area (Å²) in [7, 11) is 1.34. The lowest BCUT2D eigenvalue weighted by atomic mass is 10.4. The van der Waals surface area contributed by atoms with Gasteiger partial charge >= 0.3 is 12.0 Å². The molecule has 7 nitrogen and oxygen atoms in total. The Balaban J connectivity index is 3.88. The van der Waals surface area contributed by atoms with E-state index in [0.717, 1.165) is 4.90 Å². The summed E-state index contributed by atoms with van der Waals surface area (Å²) in [4.78, 5) is 33.7. The van der Waals surface area contributed by atoms with Gasteiger partial charge in [-0.05, 0) is 13.8 Å². The summed E-state index contributed by atoms with van der Waals surface area (Å²) in [5.41, 5.74) is 0. The number of urea groups is 1. The summed E-state index contributed by atoms with van der Waals surface area (Å²) in [6.45, 7) is 3.03. The van der Waals surface area contributed by atoms with Gasteiger partial charge in [0.2, 0.25) is 5.91 Å². The molecule has 0 aliphatic carbocycles. The van der Waals surface area contributed by atoms with E-state index in [1.54, 1.807) is 13.8 Å². The fourth-order valence-corrected chi connectivity index (χ4v) is 0.939. The van der Waals surface area contributed by atoms with Gasteiger partial charge in [-0.15, -0.1) is 0 Å². The quantitative estimate of drug-likeness (QED) is 0.579. The largest absolute Gasteiger partial charge is 0.480 e. The number of hydrogen-bond donors (Lipinski definition) is 3. The maximum Gasteiger partial charge on any atom is 0.323 e. The van der Waals surface area contributed by atoms with Crippen molar-refractivity contribution in [1.29, 1.82) is 0 Å². The molecule has 0 aliphatic heterocycles. The number of aliphatic carboxylic acids is 1. The molecular formula is C9H17N3O4. The summed E-state index contributed by atoms with van der Waals surface area (Å²) in [6, 6.07) is -0.595. The molecule has 0 unspecified atom stereocenters. The van der Waals surface area contributed by atoms with Crippen LogP contribution in [0, 0.1) is 0 Å². The first kappa shape index (κ1) is 14.2. The molecule has 0 rings (SSSR count). The number of carbonyl (C=O) groups excluding carboxylic acids is 2. The Morgan fingerprint density at radius 1 is 1.31 bits per heavy atom. The maximum absolute atomic E-state index is 11.2. The maximum atomic E-state index is 11.2. The lowest BCUT2D eigenvalue weighted by Crippen LogP contribution is -2.45. The zero-order valence-corrected chi connectivity index (χ0v) is 9.61. The van der Waals surface area contributed by atoms with Gasteiger partial charge in [0.1, 0.15) is 6.54 Å². The van der Waals surface area contributed by atoms with E-state index in [0.29, 0.717) is 0 Å². The highest BCUT2D eigenvalue weighted by molar-refractivity contribution is 5.85. The first-order chi connectivity index (χ1) is 7.32. The number of nitrogens with one attached hydrogen (secondary N) is 2. The Hall–Kier alpha value is -1.79. The Kier molecular flexibility index (Phi) is 5.91. The average Bonchev–Trinajstić information content (AvgIpc) is 2.11. The Labute approximate surface area is 93.8 Å². The van der Waals surface area contributed by atoms with Crippen LogP contribution in [0.2, 0.25) is 0 Å². The molecule has 0 aromatic carbocycles. The van der Waals surface area contributed by atoms with E-state index in [1.165, 1.54) is 7.05 Å². The molecule has 7 heteroatoms. The molecule has 0 radical (unpaired) electrons. The van der Waals surface area contributed by atoms with Crippen LogP contribution in [-0.4, -0.2) is 54.1 Å². The number of amides is 3. The van der Waals surface area contributed by atoms with E-state index >= 15 is 0 Å². The van der Waals surface area contributed by atoms with Gasteiger partial charge in [0, 0.05) is 13.1 Å². The lowest BCUT2D eigenvalue weighted by molar-refractivity contribution is -0.137.